The Morgan fingerprint density at radius 1 is 1.17 bits per heavy atom. The van der Waals surface area contributed by atoms with Gasteiger partial charge in [0, 0.05) is 39.4 Å². The van der Waals surface area contributed by atoms with E-state index in [1.165, 1.54) is 38.6 Å². The highest BCUT2D eigenvalue weighted by molar-refractivity contribution is 14.0. The van der Waals surface area contributed by atoms with Crippen molar-refractivity contribution in [3.63, 3.8) is 0 Å². The molecule has 1 fully saturated rings. The van der Waals surface area contributed by atoms with E-state index in [0.29, 0.717) is 0 Å². The monoisotopic (exact) mass is 440 g/mol. The Balaban J connectivity index is 0.00000484. The third-order valence-corrected chi connectivity index (χ3v) is 4.30. The van der Waals surface area contributed by atoms with E-state index in [0.717, 1.165) is 51.1 Å². The fraction of sp³-hybridized carbons (Fsp3) is 0.941. The van der Waals surface area contributed by atoms with Crippen LogP contribution < -0.4 is 10.6 Å². The van der Waals surface area contributed by atoms with Crippen LogP contribution in [0.4, 0.5) is 0 Å². The molecule has 0 aromatic carbocycles. The molecule has 2 N–H and O–H groups in total. The largest absolute Gasteiger partial charge is 0.385 e. The summed E-state index contributed by atoms with van der Waals surface area (Å²) in [5.41, 5.74) is 0. The molecule has 23 heavy (non-hydrogen) atoms. The molecule has 0 aliphatic heterocycles. The van der Waals surface area contributed by atoms with Crippen LogP contribution in [-0.2, 0) is 4.74 Å². The molecule has 6 heteroatoms. The van der Waals surface area contributed by atoms with Crippen molar-refractivity contribution in [2.24, 2.45) is 4.99 Å². The minimum atomic E-state index is 0. The molecule has 1 aliphatic carbocycles. The summed E-state index contributed by atoms with van der Waals surface area (Å²) in [6, 6.07) is 0.810. The second kappa shape index (κ2) is 15.4. The van der Waals surface area contributed by atoms with Gasteiger partial charge in [0.2, 0.25) is 0 Å². The van der Waals surface area contributed by atoms with Crippen LogP contribution in [0.25, 0.3) is 0 Å². The fourth-order valence-electron chi connectivity index (χ4n) is 2.98. The SMILES string of the molecule is CCNC(=NCCCOC)NCCCN(C)C1CCCCC1.I. The fourth-order valence-corrected chi connectivity index (χ4v) is 2.98. The van der Waals surface area contributed by atoms with Crippen LogP contribution >= 0.6 is 24.0 Å². The molecule has 0 spiro atoms. The van der Waals surface area contributed by atoms with Crippen LogP contribution in [0.1, 0.15) is 51.9 Å². The summed E-state index contributed by atoms with van der Waals surface area (Å²) in [7, 11) is 4.01. The summed E-state index contributed by atoms with van der Waals surface area (Å²) < 4.78 is 5.05. The van der Waals surface area contributed by atoms with E-state index in [1.807, 2.05) is 0 Å². The highest BCUT2D eigenvalue weighted by Crippen LogP contribution is 2.21. The highest BCUT2D eigenvalue weighted by atomic mass is 127. The van der Waals surface area contributed by atoms with Crippen LogP contribution in [0.2, 0.25) is 0 Å². The third-order valence-electron chi connectivity index (χ3n) is 4.30. The van der Waals surface area contributed by atoms with Gasteiger partial charge < -0.3 is 20.3 Å². The molecule has 0 amide bonds. The van der Waals surface area contributed by atoms with E-state index in [4.69, 9.17) is 4.74 Å². The van der Waals surface area contributed by atoms with E-state index in [2.05, 4.69) is 34.5 Å². The Kier molecular flexibility index (Phi) is 15.4. The molecule has 0 aromatic heterocycles. The number of halogens is 1. The molecule has 1 saturated carbocycles. The number of hydrogen-bond donors (Lipinski definition) is 2. The van der Waals surface area contributed by atoms with E-state index < -0.39 is 0 Å². The van der Waals surface area contributed by atoms with Crippen LogP contribution in [0, 0.1) is 0 Å². The van der Waals surface area contributed by atoms with Gasteiger partial charge in [-0.25, -0.2) is 0 Å². The van der Waals surface area contributed by atoms with E-state index >= 15 is 0 Å². The zero-order chi connectivity index (χ0) is 16.0. The van der Waals surface area contributed by atoms with Gasteiger partial charge >= 0.3 is 0 Å². The Hall–Kier alpha value is -0.0800. The highest BCUT2D eigenvalue weighted by Gasteiger charge is 2.17. The first-order valence-electron chi connectivity index (χ1n) is 8.99. The zero-order valence-electron chi connectivity index (χ0n) is 15.3. The van der Waals surface area contributed by atoms with Crippen molar-refractivity contribution < 1.29 is 4.74 Å². The van der Waals surface area contributed by atoms with Gasteiger partial charge in [0.05, 0.1) is 0 Å². The first kappa shape index (κ1) is 22.9. The lowest BCUT2D eigenvalue weighted by Gasteiger charge is -2.31. The van der Waals surface area contributed by atoms with E-state index in [1.54, 1.807) is 7.11 Å². The summed E-state index contributed by atoms with van der Waals surface area (Å²) in [5, 5.41) is 6.72. The van der Waals surface area contributed by atoms with Crippen LogP contribution in [0.5, 0.6) is 0 Å². The molecule has 0 aromatic rings. The van der Waals surface area contributed by atoms with Gasteiger partial charge in [-0.05, 0) is 46.2 Å². The van der Waals surface area contributed by atoms with Crippen LogP contribution in [0.15, 0.2) is 4.99 Å². The number of ether oxygens (including phenoxy) is 1. The van der Waals surface area contributed by atoms with Crippen molar-refractivity contribution in [3.05, 3.63) is 0 Å². The van der Waals surface area contributed by atoms with Gasteiger partial charge in [-0.15, -0.1) is 24.0 Å². The minimum absolute atomic E-state index is 0. The Bertz CT molecular complexity index is 296. The van der Waals surface area contributed by atoms with E-state index in [9.17, 15) is 0 Å². The zero-order valence-corrected chi connectivity index (χ0v) is 17.6. The number of nitrogens with one attached hydrogen (secondary N) is 2. The van der Waals surface area contributed by atoms with Gasteiger partial charge in [-0.3, -0.25) is 4.99 Å². The maximum atomic E-state index is 5.05. The quantitative estimate of drug-likeness (QED) is 0.238. The second-order valence-electron chi connectivity index (χ2n) is 6.16. The van der Waals surface area contributed by atoms with Gasteiger partial charge in [-0.2, -0.15) is 0 Å². The number of aliphatic imine (C=N–C) groups is 1. The van der Waals surface area contributed by atoms with Crippen LogP contribution in [-0.4, -0.2) is 63.8 Å². The Labute approximate surface area is 160 Å². The lowest BCUT2D eigenvalue weighted by molar-refractivity contribution is 0.190. The second-order valence-corrected chi connectivity index (χ2v) is 6.16. The molecular weight excluding hydrogens is 403 g/mol. The summed E-state index contributed by atoms with van der Waals surface area (Å²) in [6.07, 6.45) is 9.14. The molecule has 0 radical (unpaired) electrons. The molecule has 0 heterocycles. The first-order chi connectivity index (χ1) is 10.8. The molecule has 1 rings (SSSR count). The van der Waals surface area contributed by atoms with Crippen LogP contribution in [0.3, 0.4) is 0 Å². The van der Waals surface area contributed by atoms with Crippen molar-refractivity contribution in [1.29, 1.82) is 0 Å². The smallest absolute Gasteiger partial charge is 0.191 e. The number of methoxy groups -OCH3 is 1. The molecule has 5 nitrogen and oxygen atoms in total. The maximum Gasteiger partial charge on any atom is 0.191 e. The number of hydrogen-bond acceptors (Lipinski definition) is 3. The Morgan fingerprint density at radius 3 is 2.57 bits per heavy atom. The summed E-state index contributed by atoms with van der Waals surface area (Å²) in [6.45, 7) is 6.73. The minimum Gasteiger partial charge on any atom is -0.385 e. The topological polar surface area (TPSA) is 48.9 Å². The average molecular weight is 440 g/mol. The standard InChI is InChI=1S/C17H36N4O.HI/c1-4-18-17(20-13-9-15-22-3)19-12-8-14-21(2)16-10-6-5-7-11-16;/h16H,4-15H2,1-3H3,(H2,18,19,20);1H. The molecule has 1 aliphatic rings. The lowest BCUT2D eigenvalue weighted by atomic mass is 9.94. The molecule has 0 bridgehead atoms. The third kappa shape index (κ3) is 11.2. The Morgan fingerprint density at radius 2 is 1.91 bits per heavy atom. The molecular formula is C17H37IN4O. The molecule has 138 valence electrons. The van der Waals surface area contributed by atoms with Crippen molar-refractivity contribution in [2.45, 2.75) is 57.9 Å². The van der Waals surface area contributed by atoms with Gasteiger partial charge in [-0.1, -0.05) is 19.3 Å². The normalized spacial score (nSPS) is 16.3. The lowest BCUT2D eigenvalue weighted by Crippen LogP contribution is -2.40. The summed E-state index contributed by atoms with van der Waals surface area (Å²) in [4.78, 5) is 7.10. The van der Waals surface area contributed by atoms with Crippen molar-refractivity contribution in [1.82, 2.24) is 15.5 Å². The average Bonchev–Trinajstić information content (AvgIpc) is 2.56. The number of rotatable bonds is 10. The van der Waals surface area contributed by atoms with Gasteiger partial charge in [0.25, 0.3) is 0 Å². The van der Waals surface area contributed by atoms with E-state index in [-0.39, 0.29) is 24.0 Å². The molecule has 0 atom stereocenters. The predicted octanol–water partition coefficient (Wildman–Crippen LogP) is 2.85. The van der Waals surface area contributed by atoms with Crippen molar-refractivity contribution in [3.8, 4) is 0 Å². The predicted molar refractivity (Wildman–Crippen MR) is 110 cm³/mol. The van der Waals surface area contributed by atoms with Gasteiger partial charge in [0.15, 0.2) is 5.96 Å². The maximum absolute atomic E-state index is 5.05. The van der Waals surface area contributed by atoms with Crippen molar-refractivity contribution in [2.75, 3.05) is 46.9 Å². The molecule has 0 unspecified atom stereocenters. The number of guanidine groups is 1. The summed E-state index contributed by atoms with van der Waals surface area (Å²) >= 11 is 0. The van der Waals surface area contributed by atoms with Gasteiger partial charge in [0.1, 0.15) is 0 Å². The van der Waals surface area contributed by atoms with Crippen molar-refractivity contribution >= 4 is 29.9 Å². The molecule has 0 saturated heterocycles. The summed E-state index contributed by atoms with van der Waals surface area (Å²) in [5.74, 6) is 0.930. The number of nitrogens with zero attached hydrogens (tertiary/aromatic N) is 2. The first-order valence-corrected chi connectivity index (χ1v) is 8.99.